The Kier molecular flexibility index (Phi) is 5.78. The van der Waals surface area contributed by atoms with Gasteiger partial charge in [-0.3, -0.25) is 0 Å². The maximum Gasteiger partial charge on any atom is 0.242 e. The molecule has 1 aromatic carbocycles. The lowest BCUT2D eigenvalue weighted by Gasteiger charge is -2.12. The van der Waals surface area contributed by atoms with Gasteiger partial charge in [0, 0.05) is 26.3 Å². The van der Waals surface area contributed by atoms with E-state index in [1.165, 1.54) is 18.4 Å². The van der Waals surface area contributed by atoms with Crippen LogP contribution in [0.2, 0.25) is 0 Å². The van der Waals surface area contributed by atoms with Crippen LogP contribution < -0.4 is 5.32 Å². The van der Waals surface area contributed by atoms with E-state index in [1.807, 2.05) is 13.8 Å². The largest absolute Gasteiger partial charge is 0.383 e. The molecule has 0 unspecified atom stereocenters. The summed E-state index contributed by atoms with van der Waals surface area (Å²) in [5.41, 5.74) is 0.880. The summed E-state index contributed by atoms with van der Waals surface area (Å²) in [5.74, 6) is 0. The van der Waals surface area contributed by atoms with Crippen LogP contribution >= 0.6 is 0 Å². The van der Waals surface area contributed by atoms with Crippen molar-refractivity contribution < 1.29 is 13.2 Å². The molecule has 1 rings (SSSR count). The van der Waals surface area contributed by atoms with Crippen molar-refractivity contribution in [2.45, 2.75) is 24.8 Å². The molecule has 19 heavy (non-hydrogen) atoms. The van der Waals surface area contributed by atoms with Crippen molar-refractivity contribution in [3.63, 3.8) is 0 Å². The molecule has 0 atom stereocenters. The zero-order chi connectivity index (χ0) is 14.5. The predicted octanol–water partition coefficient (Wildman–Crippen LogP) is 1.77. The lowest BCUT2D eigenvalue weighted by molar-refractivity contribution is 0.0870. The average Bonchev–Trinajstić information content (AvgIpc) is 2.35. The van der Waals surface area contributed by atoms with Gasteiger partial charge in [-0.1, -0.05) is 0 Å². The first-order chi connectivity index (χ1) is 8.84. The molecule has 1 N–H and O–H groups in total. The number of rotatable bonds is 7. The molecular formula is C13H22N2O3S. The van der Waals surface area contributed by atoms with E-state index >= 15 is 0 Å². The first kappa shape index (κ1) is 15.9. The van der Waals surface area contributed by atoms with Crippen LogP contribution in [0.4, 0.5) is 5.69 Å². The van der Waals surface area contributed by atoms with Gasteiger partial charge >= 0.3 is 0 Å². The van der Waals surface area contributed by atoms with Gasteiger partial charge in [-0.05, 0) is 38.1 Å². The van der Waals surface area contributed by atoms with E-state index in [0.29, 0.717) is 18.0 Å². The Morgan fingerprint density at radius 1 is 1.21 bits per heavy atom. The minimum Gasteiger partial charge on any atom is -0.383 e. The molecule has 0 aliphatic heterocycles. The third-order valence-corrected chi connectivity index (χ3v) is 4.34. The number of ether oxygens (including phenoxy) is 1. The van der Waals surface area contributed by atoms with E-state index in [4.69, 9.17) is 4.74 Å². The van der Waals surface area contributed by atoms with E-state index in [1.54, 1.807) is 24.3 Å². The Labute approximate surface area is 115 Å². The van der Waals surface area contributed by atoms with Gasteiger partial charge in [0.15, 0.2) is 0 Å². The predicted molar refractivity (Wildman–Crippen MR) is 76.9 cm³/mol. The summed E-state index contributed by atoms with van der Waals surface area (Å²) in [5, 5.41) is 3.17. The molecule has 0 radical (unpaired) electrons. The SMILES string of the molecule is CC(C)OCCNc1ccc(S(=O)(=O)N(C)C)cc1. The number of hydrogen-bond donors (Lipinski definition) is 1. The van der Waals surface area contributed by atoms with E-state index in [0.717, 1.165) is 5.69 Å². The number of hydrogen-bond acceptors (Lipinski definition) is 4. The maximum atomic E-state index is 11.9. The van der Waals surface area contributed by atoms with Crippen LogP contribution in [-0.2, 0) is 14.8 Å². The Balaban J connectivity index is 2.58. The lowest BCUT2D eigenvalue weighted by atomic mass is 10.3. The summed E-state index contributed by atoms with van der Waals surface area (Å²) in [7, 11) is -0.312. The molecule has 0 aliphatic carbocycles. The quantitative estimate of drug-likeness (QED) is 0.776. The number of nitrogens with zero attached hydrogens (tertiary/aromatic N) is 1. The van der Waals surface area contributed by atoms with E-state index in [9.17, 15) is 8.42 Å². The molecule has 0 aromatic heterocycles. The van der Waals surface area contributed by atoms with Gasteiger partial charge in [0.2, 0.25) is 10.0 Å². The fourth-order valence-electron chi connectivity index (χ4n) is 1.45. The van der Waals surface area contributed by atoms with Gasteiger partial charge in [-0.2, -0.15) is 0 Å². The van der Waals surface area contributed by atoms with Crippen molar-refractivity contribution in [2.24, 2.45) is 0 Å². The molecule has 5 nitrogen and oxygen atoms in total. The first-order valence-corrected chi connectivity index (χ1v) is 7.66. The van der Waals surface area contributed by atoms with Gasteiger partial charge < -0.3 is 10.1 Å². The average molecular weight is 286 g/mol. The standard InChI is InChI=1S/C13H22N2O3S/c1-11(2)18-10-9-14-12-5-7-13(8-6-12)19(16,17)15(3)4/h5-8,11,14H,9-10H2,1-4H3. The molecule has 0 fully saturated rings. The molecule has 0 saturated carbocycles. The zero-order valence-electron chi connectivity index (χ0n) is 11.9. The van der Waals surface area contributed by atoms with Crippen LogP contribution in [0, 0.1) is 0 Å². The third-order valence-electron chi connectivity index (χ3n) is 2.52. The molecule has 1 aromatic rings. The first-order valence-electron chi connectivity index (χ1n) is 6.22. The van der Waals surface area contributed by atoms with Crippen LogP contribution in [0.15, 0.2) is 29.2 Å². The molecule has 108 valence electrons. The van der Waals surface area contributed by atoms with Crippen molar-refractivity contribution in [1.82, 2.24) is 4.31 Å². The summed E-state index contributed by atoms with van der Waals surface area (Å²) >= 11 is 0. The molecule has 0 bridgehead atoms. The molecule has 0 amide bonds. The number of nitrogens with one attached hydrogen (secondary N) is 1. The lowest BCUT2D eigenvalue weighted by Crippen LogP contribution is -2.22. The molecule has 6 heteroatoms. The van der Waals surface area contributed by atoms with Gasteiger partial charge in [0.05, 0.1) is 17.6 Å². The topological polar surface area (TPSA) is 58.6 Å². The van der Waals surface area contributed by atoms with Crippen molar-refractivity contribution in [3.8, 4) is 0 Å². The number of benzene rings is 1. The van der Waals surface area contributed by atoms with Crippen molar-refractivity contribution >= 4 is 15.7 Å². The minimum atomic E-state index is -3.35. The summed E-state index contributed by atoms with van der Waals surface area (Å²) in [6.07, 6.45) is 0.217. The van der Waals surface area contributed by atoms with Gasteiger partial charge in [-0.25, -0.2) is 12.7 Å². The molecule has 0 heterocycles. The van der Waals surface area contributed by atoms with Crippen LogP contribution in [0.1, 0.15) is 13.8 Å². The second-order valence-electron chi connectivity index (χ2n) is 4.66. The third kappa shape index (κ3) is 4.81. The van der Waals surface area contributed by atoms with Crippen LogP contribution in [0.5, 0.6) is 0 Å². The minimum absolute atomic E-state index is 0.217. The van der Waals surface area contributed by atoms with Crippen LogP contribution in [0.25, 0.3) is 0 Å². The van der Waals surface area contributed by atoms with E-state index in [2.05, 4.69) is 5.32 Å². The van der Waals surface area contributed by atoms with Crippen LogP contribution in [-0.4, -0.2) is 46.1 Å². The molecule has 0 saturated heterocycles. The summed E-state index contributed by atoms with van der Waals surface area (Å²) in [4.78, 5) is 0.293. The summed E-state index contributed by atoms with van der Waals surface area (Å²) < 4.78 is 30.3. The van der Waals surface area contributed by atoms with Crippen molar-refractivity contribution in [3.05, 3.63) is 24.3 Å². The van der Waals surface area contributed by atoms with Crippen molar-refractivity contribution in [2.75, 3.05) is 32.6 Å². The number of sulfonamides is 1. The molecule has 0 spiro atoms. The van der Waals surface area contributed by atoms with Crippen LogP contribution in [0.3, 0.4) is 0 Å². The Bertz CT molecular complexity index is 481. The zero-order valence-corrected chi connectivity index (χ0v) is 12.7. The second kappa shape index (κ2) is 6.88. The monoisotopic (exact) mass is 286 g/mol. The summed E-state index contributed by atoms with van der Waals surface area (Å²) in [6.45, 7) is 5.29. The van der Waals surface area contributed by atoms with Gasteiger partial charge in [0.25, 0.3) is 0 Å². The maximum absolute atomic E-state index is 11.9. The van der Waals surface area contributed by atoms with E-state index in [-0.39, 0.29) is 6.10 Å². The highest BCUT2D eigenvalue weighted by Crippen LogP contribution is 2.16. The van der Waals surface area contributed by atoms with Gasteiger partial charge in [0.1, 0.15) is 0 Å². The Hall–Kier alpha value is -1.11. The number of anilines is 1. The fraction of sp³-hybridized carbons (Fsp3) is 0.538. The van der Waals surface area contributed by atoms with Crippen molar-refractivity contribution in [1.29, 1.82) is 0 Å². The fourth-order valence-corrected chi connectivity index (χ4v) is 2.35. The highest BCUT2D eigenvalue weighted by Gasteiger charge is 2.16. The van der Waals surface area contributed by atoms with E-state index < -0.39 is 10.0 Å². The normalized spacial score (nSPS) is 12.1. The molecule has 0 aliphatic rings. The highest BCUT2D eigenvalue weighted by molar-refractivity contribution is 7.89. The molecular weight excluding hydrogens is 264 g/mol. The summed E-state index contributed by atoms with van der Waals surface area (Å²) in [6, 6.07) is 6.71. The Morgan fingerprint density at radius 2 is 1.79 bits per heavy atom. The second-order valence-corrected chi connectivity index (χ2v) is 6.81. The van der Waals surface area contributed by atoms with Gasteiger partial charge in [-0.15, -0.1) is 0 Å². The smallest absolute Gasteiger partial charge is 0.242 e. The Morgan fingerprint density at radius 3 is 2.26 bits per heavy atom. The highest BCUT2D eigenvalue weighted by atomic mass is 32.2.